The summed E-state index contributed by atoms with van der Waals surface area (Å²) in [5.74, 6) is 3.46. The molecule has 0 saturated carbocycles. The van der Waals surface area contributed by atoms with Crippen LogP contribution in [-0.2, 0) is 0 Å². The molecule has 0 aromatic rings. The van der Waals surface area contributed by atoms with Crippen molar-refractivity contribution in [3.63, 3.8) is 0 Å². The predicted octanol–water partition coefficient (Wildman–Crippen LogP) is 1.99. The molecule has 0 rings (SSSR count). The molecule has 1 atom stereocenters. The van der Waals surface area contributed by atoms with Crippen LogP contribution in [0.4, 0.5) is 0 Å². The van der Waals surface area contributed by atoms with Crippen molar-refractivity contribution in [2.24, 2.45) is 5.92 Å². The summed E-state index contributed by atoms with van der Waals surface area (Å²) in [6.45, 7) is 5.71. The van der Waals surface area contributed by atoms with E-state index in [9.17, 15) is 0 Å². The van der Waals surface area contributed by atoms with E-state index in [2.05, 4.69) is 19.2 Å². The average molecular weight is 161 g/mol. The van der Waals surface area contributed by atoms with Crippen LogP contribution < -0.4 is 5.32 Å². The van der Waals surface area contributed by atoms with Crippen LogP contribution in [0, 0.1) is 5.92 Å². The lowest BCUT2D eigenvalue weighted by atomic mass is 10.2. The zero-order chi connectivity index (χ0) is 7.82. The first-order valence-electron chi connectivity index (χ1n) is 4.03. The fourth-order valence-electron chi connectivity index (χ4n) is 0.577. The van der Waals surface area contributed by atoms with Gasteiger partial charge in [-0.15, -0.1) is 0 Å². The van der Waals surface area contributed by atoms with E-state index < -0.39 is 0 Å². The van der Waals surface area contributed by atoms with E-state index in [0.717, 1.165) is 12.5 Å². The van der Waals surface area contributed by atoms with Crippen molar-refractivity contribution in [2.75, 3.05) is 25.1 Å². The molecule has 0 aromatic carbocycles. The van der Waals surface area contributed by atoms with Crippen LogP contribution in [0.1, 0.15) is 20.3 Å². The predicted molar refractivity (Wildman–Crippen MR) is 50.7 cm³/mol. The van der Waals surface area contributed by atoms with Crippen molar-refractivity contribution in [1.82, 2.24) is 5.32 Å². The lowest BCUT2D eigenvalue weighted by Crippen LogP contribution is -2.10. The SMILES string of the molecule is CCC(C)CSCCNC. The summed E-state index contributed by atoms with van der Waals surface area (Å²) in [6.07, 6.45) is 1.31. The second-order valence-electron chi connectivity index (χ2n) is 2.69. The molecule has 0 aromatic heterocycles. The molecule has 1 N–H and O–H groups in total. The van der Waals surface area contributed by atoms with Crippen LogP contribution >= 0.6 is 11.8 Å². The normalized spacial score (nSPS) is 13.5. The summed E-state index contributed by atoms with van der Waals surface area (Å²) < 4.78 is 0. The Labute approximate surface area is 69.0 Å². The van der Waals surface area contributed by atoms with Crippen LogP contribution in [0.5, 0.6) is 0 Å². The summed E-state index contributed by atoms with van der Waals surface area (Å²) in [4.78, 5) is 0. The molecule has 0 bridgehead atoms. The second-order valence-corrected chi connectivity index (χ2v) is 3.84. The van der Waals surface area contributed by atoms with Crippen molar-refractivity contribution in [3.8, 4) is 0 Å². The van der Waals surface area contributed by atoms with Gasteiger partial charge in [-0.05, 0) is 18.7 Å². The molecule has 1 unspecified atom stereocenters. The van der Waals surface area contributed by atoms with Crippen molar-refractivity contribution >= 4 is 11.8 Å². The Morgan fingerprint density at radius 3 is 2.70 bits per heavy atom. The molecule has 0 fully saturated rings. The molecule has 62 valence electrons. The van der Waals surface area contributed by atoms with Crippen molar-refractivity contribution < 1.29 is 0 Å². The van der Waals surface area contributed by atoms with E-state index in [4.69, 9.17) is 0 Å². The minimum Gasteiger partial charge on any atom is -0.319 e. The third kappa shape index (κ3) is 6.43. The molecule has 0 radical (unpaired) electrons. The molecule has 2 heteroatoms. The molecule has 0 amide bonds. The van der Waals surface area contributed by atoms with E-state index in [1.54, 1.807) is 0 Å². The smallest absolute Gasteiger partial charge is 0.00580 e. The van der Waals surface area contributed by atoms with Gasteiger partial charge in [0.2, 0.25) is 0 Å². The Bertz CT molecular complexity index is 66.3. The van der Waals surface area contributed by atoms with Crippen molar-refractivity contribution in [3.05, 3.63) is 0 Å². The summed E-state index contributed by atoms with van der Waals surface area (Å²) in [5.41, 5.74) is 0. The Kier molecular flexibility index (Phi) is 7.65. The molecular weight excluding hydrogens is 142 g/mol. The summed E-state index contributed by atoms with van der Waals surface area (Å²) in [6, 6.07) is 0. The fraction of sp³-hybridized carbons (Fsp3) is 1.00. The van der Waals surface area contributed by atoms with Gasteiger partial charge in [-0.3, -0.25) is 0 Å². The van der Waals surface area contributed by atoms with Gasteiger partial charge in [0, 0.05) is 12.3 Å². The monoisotopic (exact) mass is 161 g/mol. The average Bonchev–Trinajstić information content (AvgIpc) is 1.98. The second kappa shape index (κ2) is 7.42. The van der Waals surface area contributed by atoms with Gasteiger partial charge < -0.3 is 5.32 Å². The van der Waals surface area contributed by atoms with Crippen LogP contribution in [-0.4, -0.2) is 25.1 Å². The van der Waals surface area contributed by atoms with Gasteiger partial charge in [0.1, 0.15) is 0 Å². The number of nitrogens with one attached hydrogen (secondary N) is 1. The van der Waals surface area contributed by atoms with Gasteiger partial charge in [0.15, 0.2) is 0 Å². The van der Waals surface area contributed by atoms with Crippen LogP contribution in [0.3, 0.4) is 0 Å². The lowest BCUT2D eigenvalue weighted by molar-refractivity contribution is 0.636. The Morgan fingerprint density at radius 2 is 2.20 bits per heavy atom. The number of hydrogen-bond donors (Lipinski definition) is 1. The lowest BCUT2D eigenvalue weighted by Gasteiger charge is -2.06. The first-order valence-corrected chi connectivity index (χ1v) is 5.19. The van der Waals surface area contributed by atoms with E-state index in [-0.39, 0.29) is 0 Å². The minimum absolute atomic E-state index is 0.891. The van der Waals surface area contributed by atoms with Gasteiger partial charge >= 0.3 is 0 Å². The highest BCUT2D eigenvalue weighted by molar-refractivity contribution is 7.99. The number of hydrogen-bond acceptors (Lipinski definition) is 2. The highest BCUT2D eigenvalue weighted by Gasteiger charge is 1.96. The van der Waals surface area contributed by atoms with Gasteiger partial charge in [-0.1, -0.05) is 20.3 Å². The first-order chi connectivity index (χ1) is 4.81. The van der Waals surface area contributed by atoms with Gasteiger partial charge in [0.05, 0.1) is 0 Å². The van der Waals surface area contributed by atoms with E-state index in [1.807, 2.05) is 18.8 Å². The quantitative estimate of drug-likeness (QED) is 0.598. The number of thioether (sulfide) groups is 1. The molecule has 0 saturated heterocycles. The molecular formula is C8H19NS. The third-order valence-corrected chi connectivity index (χ3v) is 2.89. The van der Waals surface area contributed by atoms with E-state index in [0.29, 0.717) is 0 Å². The fourth-order valence-corrected chi connectivity index (χ4v) is 1.73. The van der Waals surface area contributed by atoms with Crippen molar-refractivity contribution in [1.29, 1.82) is 0 Å². The zero-order valence-electron chi connectivity index (χ0n) is 7.31. The van der Waals surface area contributed by atoms with Crippen LogP contribution in [0.25, 0.3) is 0 Å². The number of rotatable bonds is 6. The van der Waals surface area contributed by atoms with Gasteiger partial charge in [-0.2, -0.15) is 11.8 Å². The van der Waals surface area contributed by atoms with Gasteiger partial charge in [0.25, 0.3) is 0 Å². The molecule has 0 aliphatic rings. The molecule has 0 aliphatic carbocycles. The van der Waals surface area contributed by atoms with E-state index in [1.165, 1.54) is 17.9 Å². The van der Waals surface area contributed by atoms with Gasteiger partial charge in [-0.25, -0.2) is 0 Å². The molecule has 0 aliphatic heterocycles. The maximum Gasteiger partial charge on any atom is 0.00580 e. The maximum atomic E-state index is 3.14. The molecule has 1 nitrogen and oxygen atoms in total. The highest BCUT2D eigenvalue weighted by atomic mass is 32.2. The molecule has 10 heavy (non-hydrogen) atoms. The molecule has 0 spiro atoms. The third-order valence-electron chi connectivity index (χ3n) is 1.60. The summed E-state index contributed by atoms with van der Waals surface area (Å²) in [5, 5.41) is 3.14. The first kappa shape index (κ1) is 10.3. The zero-order valence-corrected chi connectivity index (χ0v) is 8.13. The van der Waals surface area contributed by atoms with Crippen LogP contribution in [0.2, 0.25) is 0 Å². The summed E-state index contributed by atoms with van der Waals surface area (Å²) in [7, 11) is 2.00. The Balaban J connectivity index is 2.89. The van der Waals surface area contributed by atoms with Crippen LogP contribution in [0.15, 0.2) is 0 Å². The Morgan fingerprint density at radius 1 is 1.50 bits per heavy atom. The maximum absolute atomic E-state index is 3.14. The summed E-state index contributed by atoms with van der Waals surface area (Å²) >= 11 is 2.05. The topological polar surface area (TPSA) is 12.0 Å². The van der Waals surface area contributed by atoms with E-state index >= 15 is 0 Å². The Hall–Kier alpha value is 0.310. The molecule has 0 heterocycles. The largest absolute Gasteiger partial charge is 0.319 e. The standard InChI is InChI=1S/C8H19NS/c1-4-8(2)7-10-6-5-9-3/h8-9H,4-7H2,1-3H3. The minimum atomic E-state index is 0.891. The van der Waals surface area contributed by atoms with Crippen molar-refractivity contribution in [2.45, 2.75) is 20.3 Å². The highest BCUT2D eigenvalue weighted by Crippen LogP contribution is 2.09.